The number of aliphatic carboxylic acids is 1. The zero-order chi connectivity index (χ0) is 12.4. The molecular formula is C14H14O2S. The van der Waals surface area contributed by atoms with Gasteiger partial charge in [0, 0.05) is 4.88 Å². The number of rotatable bonds is 3. The minimum absolute atomic E-state index is 0.440. The standard InChI is InChI=1S/C14H14O2S/c1-9-4-3-5-11(6-9)13-7-12(8-17-13)10(2)14(15)16/h3-8,10H,1-2H3,(H,15,16). The first kappa shape index (κ1) is 11.9. The molecule has 2 nitrogen and oxygen atoms in total. The lowest BCUT2D eigenvalue weighted by atomic mass is 10.0. The molecule has 0 fully saturated rings. The number of aryl methyl sites for hydroxylation is 1. The third kappa shape index (κ3) is 2.56. The lowest BCUT2D eigenvalue weighted by Crippen LogP contribution is -2.05. The van der Waals surface area contributed by atoms with Crippen molar-refractivity contribution >= 4 is 17.3 Å². The molecule has 0 bridgehead atoms. The van der Waals surface area contributed by atoms with Crippen LogP contribution in [0.5, 0.6) is 0 Å². The van der Waals surface area contributed by atoms with E-state index in [4.69, 9.17) is 5.11 Å². The van der Waals surface area contributed by atoms with Gasteiger partial charge in [0.25, 0.3) is 0 Å². The summed E-state index contributed by atoms with van der Waals surface area (Å²) >= 11 is 1.59. The summed E-state index contributed by atoms with van der Waals surface area (Å²) in [5, 5.41) is 10.9. The van der Waals surface area contributed by atoms with Crippen molar-refractivity contribution in [2.24, 2.45) is 0 Å². The molecule has 1 N–H and O–H groups in total. The van der Waals surface area contributed by atoms with Crippen molar-refractivity contribution in [2.75, 3.05) is 0 Å². The Kier molecular flexibility index (Phi) is 3.29. The van der Waals surface area contributed by atoms with Gasteiger partial charge in [0.2, 0.25) is 0 Å². The molecule has 0 amide bonds. The summed E-state index contributed by atoms with van der Waals surface area (Å²) in [6.07, 6.45) is 0. The van der Waals surface area contributed by atoms with Gasteiger partial charge in [0.1, 0.15) is 0 Å². The predicted molar refractivity (Wildman–Crippen MR) is 70.5 cm³/mol. The second-order valence-corrected chi connectivity index (χ2v) is 5.08. The average molecular weight is 246 g/mol. The number of carboxylic acid groups (broad SMARTS) is 1. The minimum atomic E-state index is -0.779. The fraction of sp³-hybridized carbons (Fsp3) is 0.214. The number of thiophene rings is 1. The molecule has 0 saturated heterocycles. The number of carboxylic acids is 1. The third-order valence-corrected chi connectivity index (χ3v) is 3.79. The summed E-state index contributed by atoms with van der Waals surface area (Å²) < 4.78 is 0. The van der Waals surface area contributed by atoms with Crippen LogP contribution >= 0.6 is 11.3 Å². The normalized spacial score (nSPS) is 12.4. The topological polar surface area (TPSA) is 37.3 Å². The summed E-state index contributed by atoms with van der Waals surface area (Å²) in [6, 6.07) is 10.2. The molecule has 1 aromatic carbocycles. The van der Waals surface area contributed by atoms with Crippen LogP contribution in [0.2, 0.25) is 0 Å². The maximum absolute atomic E-state index is 10.9. The van der Waals surface area contributed by atoms with Crippen molar-refractivity contribution in [1.82, 2.24) is 0 Å². The van der Waals surface area contributed by atoms with Crippen LogP contribution in [-0.4, -0.2) is 11.1 Å². The van der Waals surface area contributed by atoms with Gasteiger partial charge in [-0.25, -0.2) is 0 Å². The second kappa shape index (κ2) is 4.72. The van der Waals surface area contributed by atoms with Crippen molar-refractivity contribution in [3.8, 4) is 10.4 Å². The van der Waals surface area contributed by atoms with Gasteiger partial charge >= 0.3 is 5.97 Å². The Labute approximate surface area is 105 Å². The monoisotopic (exact) mass is 246 g/mol. The predicted octanol–water partition coefficient (Wildman–Crippen LogP) is 3.91. The summed E-state index contributed by atoms with van der Waals surface area (Å²) in [6.45, 7) is 3.77. The summed E-state index contributed by atoms with van der Waals surface area (Å²) in [4.78, 5) is 12.0. The number of carbonyl (C=O) groups is 1. The van der Waals surface area contributed by atoms with Crippen LogP contribution < -0.4 is 0 Å². The van der Waals surface area contributed by atoms with Gasteiger partial charge in [-0.05, 0) is 36.4 Å². The van der Waals surface area contributed by atoms with Gasteiger partial charge in [0.05, 0.1) is 5.92 Å². The number of benzene rings is 1. The highest BCUT2D eigenvalue weighted by atomic mass is 32.1. The van der Waals surface area contributed by atoms with E-state index in [1.165, 1.54) is 5.56 Å². The van der Waals surface area contributed by atoms with Crippen LogP contribution in [0, 0.1) is 6.92 Å². The Hall–Kier alpha value is -1.61. The summed E-state index contributed by atoms with van der Waals surface area (Å²) in [5.41, 5.74) is 3.24. The lowest BCUT2D eigenvalue weighted by Gasteiger charge is -2.02. The highest BCUT2D eigenvalue weighted by Gasteiger charge is 2.15. The van der Waals surface area contributed by atoms with Gasteiger partial charge in [-0.3, -0.25) is 4.79 Å². The first-order chi connectivity index (χ1) is 8.08. The van der Waals surface area contributed by atoms with Crippen molar-refractivity contribution in [3.05, 3.63) is 46.8 Å². The molecule has 0 saturated carbocycles. The Bertz CT molecular complexity index is 543. The summed E-state index contributed by atoms with van der Waals surface area (Å²) in [5.74, 6) is -1.22. The highest BCUT2D eigenvalue weighted by Crippen LogP contribution is 2.31. The quantitative estimate of drug-likeness (QED) is 0.891. The van der Waals surface area contributed by atoms with E-state index in [0.717, 1.165) is 16.0 Å². The number of hydrogen-bond donors (Lipinski definition) is 1. The van der Waals surface area contributed by atoms with E-state index in [1.807, 2.05) is 23.6 Å². The van der Waals surface area contributed by atoms with Gasteiger partial charge in [-0.15, -0.1) is 11.3 Å². The zero-order valence-electron chi connectivity index (χ0n) is 9.81. The first-order valence-electron chi connectivity index (χ1n) is 5.46. The Morgan fingerprint density at radius 1 is 1.35 bits per heavy atom. The molecule has 3 heteroatoms. The fourth-order valence-corrected chi connectivity index (χ4v) is 2.67. The molecule has 2 rings (SSSR count). The van der Waals surface area contributed by atoms with Crippen LogP contribution in [0.1, 0.15) is 24.0 Å². The molecular weight excluding hydrogens is 232 g/mol. The second-order valence-electron chi connectivity index (χ2n) is 4.17. The molecule has 0 spiro atoms. The molecule has 0 aliphatic carbocycles. The fourth-order valence-electron chi connectivity index (χ4n) is 1.67. The molecule has 2 aromatic rings. The Morgan fingerprint density at radius 3 is 2.76 bits per heavy atom. The maximum atomic E-state index is 10.9. The van der Waals surface area contributed by atoms with E-state index in [-0.39, 0.29) is 0 Å². The molecule has 0 aliphatic rings. The maximum Gasteiger partial charge on any atom is 0.310 e. The molecule has 1 heterocycles. The average Bonchev–Trinajstić information content (AvgIpc) is 2.77. The SMILES string of the molecule is Cc1cccc(-c2cc(C(C)C(=O)O)cs2)c1. The lowest BCUT2D eigenvalue weighted by molar-refractivity contribution is -0.138. The van der Waals surface area contributed by atoms with Gasteiger partial charge in [0.15, 0.2) is 0 Å². The smallest absolute Gasteiger partial charge is 0.310 e. The first-order valence-corrected chi connectivity index (χ1v) is 6.34. The van der Waals surface area contributed by atoms with Crippen molar-refractivity contribution < 1.29 is 9.90 Å². The molecule has 17 heavy (non-hydrogen) atoms. The molecule has 0 radical (unpaired) electrons. The van der Waals surface area contributed by atoms with E-state index in [0.29, 0.717) is 0 Å². The van der Waals surface area contributed by atoms with Crippen LogP contribution in [0.4, 0.5) is 0 Å². The molecule has 88 valence electrons. The van der Waals surface area contributed by atoms with Gasteiger partial charge in [-0.1, -0.05) is 29.8 Å². The van der Waals surface area contributed by atoms with Crippen molar-refractivity contribution in [1.29, 1.82) is 0 Å². The van der Waals surface area contributed by atoms with Gasteiger partial charge < -0.3 is 5.11 Å². The van der Waals surface area contributed by atoms with Gasteiger partial charge in [-0.2, -0.15) is 0 Å². The third-order valence-electron chi connectivity index (χ3n) is 2.79. The Balaban J connectivity index is 2.33. The highest BCUT2D eigenvalue weighted by molar-refractivity contribution is 7.13. The van der Waals surface area contributed by atoms with E-state index in [9.17, 15) is 4.79 Å². The Morgan fingerprint density at radius 2 is 2.12 bits per heavy atom. The van der Waals surface area contributed by atoms with Crippen molar-refractivity contribution in [2.45, 2.75) is 19.8 Å². The summed E-state index contributed by atoms with van der Waals surface area (Å²) in [7, 11) is 0. The minimum Gasteiger partial charge on any atom is -0.481 e. The molecule has 1 unspecified atom stereocenters. The van der Waals surface area contributed by atoms with E-state index in [2.05, 4.69) is 19.1 Å². The van der Waals surface area contributed by atoms with Crippen LogP contribution in [0.3, 0.4) is 0 Å². The molecule has 1 atom stereocenters. The van der Waals surface area contributed by atoms with Crippen molar-refractivity contribution in [3.63, 3.8) is 0 Å². The van der Waals surface area contributed by atoms with Crippen LogP contribution in [0.15, 0.2) is 35.7 Å². The van der Waals surface area contributed by atoms with E-state index < -0.39 is 11.9 Å². The van der Waals surface area contributed by atoms with Crippen LogP contribution in [-0.2, 0) is 4.79 Å². The largest absolute Gasteiger partial charge is 0.481 e. The van der Waals surface area contributed by atoms with E-state index >= 15 is 0 Å². The zero-order valence-corrected chi connectivity index (χ0v) is 10.6. The molecule has 0 aliphatic heterocycles. The van der Waals surface area contributed by atoms with E-state index in [1.54, 1.807) is 18.3 Å². The number of hydrogen-bond acceptors (Lipinski definition) is 2. The molecule has 1 aromatic heterocycles. The van der Waals surface area contributed by atoms with Crippen LogP contribution in [0.25, 0.3) is 10.4 Å².